The van der Waals surface area contributed by atoms with Crippen LogP contribution in [0.4, 0.5) is 15.4 Å². The second kappa shape index (κ2) is 8.35. The van der Waals surface area contributed by atoms with Gasteiger partial charge in [-0.2, -0.15) is 0 Å². The van der Waals surface area contributed by atoms with Crippen LogP contribution in [0.15, 0.2) is 6.07 Å². The minimum absolute atomic E-state index is 0.0383. The van der Waals surface area contributed by atoms with E-state index in [1.165, 1.54) is 0 Å². The lowest BCUT2D eigenvalue weighted by Crippen LogP contribution is -2.40. The van der Waals surface area contributed by atoms with Gasteiger partial charge >= 0.3 is 12.2 Å². The fraction of sp³-hybridized carbons (Fsp3) is 0.611. The first-order chi connectivity index (χ1) is 11.8. The first-order valence-electron chi connectivity index (χ1n) is 8.36. The molecule has 1 aromatic rings. The zero-order chi connectivity index (χ0) is 20.1. The lowest BCUT2D eigenvalue weighted by atomic mass is 10.1. The normalized spacial score (nSPS) is 11.7. The summed E-state index contributed by atoms with van der Waals surface area (Å²) in [5.74, 6) is 0.253. The molecule has 3 N–H and O–H groups in total. The number of carbonyl (C=O) groups is 2. The van der Waals surface area contributed by atoms with Crippen molar-refractivity contribution in [2.75, 3.05) is 5.32 Å². The summed E-state index contributed by atoms with van der Waals surface area (Å²) >= 11 is 0. The molecule has 0 spiro atoms. The van der Waals surface area contributed by atoms with Gasteiger partial charge in [0.25, 0.3) is 0 Å². The summed E-state index contributed by atoms with van der Waals surface area (Å²) in [6, 6.07) is 1.63. The average molecular weight is 367 g/mol. The molecular formula is C18H29N3O5. The Morgan fingerprint density at radius 2 is 1.77 bits per heavy atom. The van der Waals surface area contributed by atoms with E-state index in [9.17, 15) is 14.7 Å². The fourth-order valence-electron chi connectivity index (χ4n) is 2.05. The van der Waals surface area contributed by atoms with Gasteiger partial charge in [0, 0.05) is 11.1 Å². The highest BCUT2D eigenvalue weighted by molar-refractivity contribution is 5.83. The molecule has 0 aliphatic carbocycles. The maximum Gasteiger partial charge on any atom is 0.413 e. The molecule has 0 aliphatic heterocycles. The number of nitrogens with zero attached hydrogens (tertiary/aromatic N) is 1. The van der Waals surface area contributed by atoms with Crippen molar-refractivity contribution in [3.05, 3.63) is 22.9 Å². The zero-order valence-corrected chi connectivity index (χ0v) is 16.5. The van der Waals surface area contributed by atoms with E-state index in [2.05, 4.69) is 15.6 Å². The van der Waals surface area contributed by atoms with Crippen molar-refractivity contribution in [3.63, 3.8) is 0 Å². The lowest BCUT2D eigenvalue weighted by Gasteiger charge is -2.21. The third-order valence-electron chi connectivity index (χ3n) is 3.04. The van der Waals surface area contributed by atoms with Crippen LogP contribution in [0.3, 0.4) is 0 Å². The summed E-state index contributed by atoms with van der Waals surface area (Å²) in [6.07, 6.45) is -1.20. The van der Waals surface area contributed by atoms with Crippen LogP contribution in [0.25, 0.3) is 0 Å². The van der Waals surface area contributed by atoms with Gasteiger partial charge in [0.1, 0.15) is 18.0 Å². The number of carbonyl (C=O) groups excluding carboxylic acids is 2. The van der Waals surface area contributed by atoms with Crippen LogP contribution in [-0.4, -0.2) is 33.4 Å². The fourth-order valence-corrected chi connectivity index (χ4v) is 2.05. The van der Waals surface area contributed by atoms with Crippen LogP contribution in [0.1, 0.15) is 58.4 Å². The number of amides is 2. The maximum atomic E-state index is 11.9. The van der Waals surface area contributed by atoms with E-state index in [1.807, 2.05) is 20.8 Å². The third-order valence-corrected chi connectivity index (χ3v) is 3.04. The van der Waals surface area contributed by atoms with Gasteiger partial charge in [-0.05, 0) is 60.1 Å². The zero-order valence-electron chi connectivity index (χ0n) is 16.5. The Morgan fingerprint density at radius 3 is 2.27 bits per heavy atom. The number of ether oxygens (including phenoxy) is 2. The maximum absolute atomic E-state index is 11.9. The molecule has 26 heavy (non-hydrogen) atoms. The molecule has 0 saturated carbocycles. The second-order valence-electron chi connectivity index (χ2n) is 7.99. The Labute approximate surface area is 154 Å². The molecule has 0 aliphatic rings. The van der Waals surface area contributed by atoms with Crippen LogP contribution in [0, 0.1) is 6.92 Å². The summed E-state index contributed by atoms with van der Waals surface area (Å²) in [5, 5.41) is 14.8. The molecule has 146 valence electrons. The number of hydrogen-bond donors (Lipinski definition) is 3. The van der Waals surface area contributed by atoms with E-state index >= 15 is 0 Å². The summed E-state index contributed by atoms with van der Waals surface area (Å²) in [7, 11) is 0. The predicted octanol–water partition coefficient (Wildman–Crippen LogP) is 3.25. The highest BCUT2D eigenvalue weighted by Gasteiger charge is 2.19. The van der Waals surface area contributed by atoms with Crippen molar-refractivity contribution in [2.24, 2.45) is 0 Å². The summed E-state index contributed by atoms with van der Waals surface area (Å²) in [4.78, 5) is 27.9. The Kier molecular flexibility index (Phi) is 6.97. The van der Waals surface area contributed by atoms with Gasteiger partial charge < -0.3 is 19.9 Å². The van der Waals surface area contributed by atoms with Gasteiger partial charge in [0.15, 0.2) is 0 Å². The monoisotopic (exact) mass is 367 g/mol. The molecule has 8 nitrogen and oxygen atoms in total. The van der Waals surface area contributed by atoms with E-state index in [1.54, 1.807) is 33.8 Å². The SMILES string of the molecule is Cc1cc(NC(=O)OC(C)(C)C)nc(CO)c1COC(=O)NC(C)(C)C. The molecule has 0 unspecified atom stereocenters. The minimum atomic E-state index is -0.637. The van der Waals surface area contributed by atoms with Crippen LogP contribution in [0.2, 0.25) is 0 Å². The van der Waals surface area contributed by atoms with Gasteiger partial charge in [-0.1, -0.05) is 0 Å². The van der Waals surface area contributed by atoms with Crippen LogP contribution < -0.4 is 10.6 Å². The van der Waals surface area contributed by atoms with Crippen LogP contribution in [0.5, 0.6) is 0 Å². The molecule has 0 saturated heterocycles. The number of hydrogen-bond acceptors (Lipinski definition) is 6. The van der Waals surface area contributed by atoms with Gasteiger partial charge in [-0.15, -0.1) is 0 Å². The standard InChI is InChI=1S/C18H29N3O5/c1-11-8-14(20-15(23)26-18(5,6)7)19-13(9-22)12(11)10-25-16(24)21-17(2,3)4/h8,22H,9-10H2,1-7H3,(H,21,24)(H,19,20,23). The van der Waals surface area contributed by atoms with Crippen molar-refractivity contribution in [3.8, 4) is 0 Å². The minimum Gasteiger partial charge on any atom is -0.445 e. The molecule has 2 amide bonds. The van der Waals surface area contributed by atoms with E-state index in [0.717, 1.165) is 5.56 Å². The highest BCUT2D eigenvalue weighted by Crippen LogP contribution is 2.19. The molecule has 1 rings (SSSR count). The number of alkyl carbamates (subject to hydrolysis) is 1. The van der Waals surface area contributed by atoms with E-state index < -0.39 is 23.3 Å². The topological polar surface area (TPSA) is 110 Å². The third kappa shape index (κ3) is 7.69. The predicted molar refractivity (Wildman–Crippen MR) is 97.8 cm³/mol. The second-order valence-corrected chi connectivity index (χ2v) is 7.99. The summed E-state index contributed by atoms with van der Waals surface area (Å²) in [6.45, 7) is 12.2. The Hall–Kier alpha value is -2.35. The van der Waals surface area contributed by atoms with Crippen molar-refractivity contribution < 1.29 is 24.2 Å². The molecule has 0 atom stereocenters. The van der Waals surface area contributed by atoms with E-state index in [-0.39, 0.29) is 19.0 Å². The van der Waals surface area contributed by atoms with Crippen LogP contribution in [-0.2, 0) is 22.7 Å². The molecule has 0 radical (unpaired) electrons. The highest BCUT2D eigenvalue weighted by atomic mass is 16.6. The molecule has 8 heteroatoms. The summed E-state index contributed by atoms with van der Waals surface area (Å²) < 4.78 is 10.4. The summed E-state index contributed by atoms with van der Waals surface area (Å²) in [5.41, 5.74) is 0.586. The van der Waals surface area contributed by atoms with Crippen molar-refractivity contribution in [1.82, 2.24) is 10.3 Å². The van der Waals surface area contributed by atoms with Gasteiger partial charge in [-0.25, -0.2) is 14.6 Å². The van der Waals surface area contributed by atoms with Gasteiger partial charge in [-0.3, -0.25) is 5.32 Å². The van der Waals surface area contributed by atoms with E-state index in [4.69, 9.17) is 9.47 Å². The Morgan fingerprint density at radius 1 is 1.15 bits per heavy atom. The van der Waals surface area contributed by atoms with Crippen molar-refractivity contribution in [2.45, 2.75) is 72.8 Å². The van der Waals surface area contributed by atoms with E-state index in [0.29, 0.717) is 11.3 Å². The smallest absolute Gasteiger partial charge is 0.413 e. The largest absolute Gasteiger partial charge is 0.445 e. The number of nitrogens with one attached hydrogen (secondary N) is 2. The number of pyridine rings is 1. The Bertz CT molecular complexity index is 660. The number of aliphatic hydroxyl groups is 1. The molecule has 0 bridgehead atoms. The lowest BCUT2D eigenvalue weighted by molar-refractivity contribution is 0.0635. The molecule has 0 fully saturated rings. The number of aryl methyl sites for hydroxylation is 1. The quantitative estimate of drug-likeness (QED) is 0.753. The first kappa shape index (κ1) is 21.7. The average Bonchev–Trinajstić information content (AvgIpc) is 2.41. The van der Waals surface area contributed by atoms with Gasteiger partial charge in [0.2, 0.25) is 0 Å². The number of aliphatic hydroxyl groups excluding tert-OH is 1. The van der Waals surface area contributed by atoms with Gasteiger partial charge in [0.05, 0.1) is 12.3 Å². The van der Waals surface area contributed by atoms with Crippen molar-refractivity contribution in [1.29, 1.82) is 0 Å². The van der Waals surface area contributed by atoms with Crippen LogP contribution >= 0.6 is 0 Å². The number of aromatic nitrogens is 1. The Balaban J connectivity index is 2.86. The van der Waals surface area contributed by atoms with Crippen molar-refractivity contribution >= 4 is 18.0 Å². The number of anilines is 1. The molecule has 0 aromatic carbocycles. The molecule has 1 heterocycles. The number of rotatable bonds is 4. The first-order valence-corrected chi connectivity index (χ1v) is 8.36. The molecule has 1 aromatic heterocycles. The molecular weight excluding hydrogens is 338 g/mol.